The normalized spacial score (nSPS) is 22.1. The highest BCUT2D eigenvalue weighted by molar-refractivity contribution is 5.75. The van der Waals surface area contributed by atoms with Crippen molar-refractivity contribution in [1.82, 2.24) is 10.6 Å². The molecule has 2 unspecified atom stereocenters. The molecule has 1 aliphatic rings. The molecular weight excluding hydrogens is 216 g/mol. The van der Waals surface area contributed by atoms with E-state index in [1.165, 1.54) is 19.3 Å². The first-order valence-electron chi connectivity index (χ1n) is 6.83. The van der Waals surface area contributed by atoms with Gasteiger partial charge < -0.3 is 15.7 Å². The van der Waals surface area contributed by atoms with Gasteiger partial charge in [0.1, 0.15) is 0 Å². The number of rotatable bonds is 7. The van der Waals surface area contributed by atoms with Gasteiger partial charge in [-0.05, 0) is 38.1 Å². The van der Waals surface area contributed by atoms with Crippen molar-refractivity contribution in [3.05, 3.63) is 0 Å². The molecule has 2 atom stereocenters. The molecule has 0 radical (unpaired) electrons. The summed E-state index contributed by atoms with van der Waals surface area (Å²) in [5, 5.41) is 15.1. The highest BCUT2D eigenvalue weighted by atomic mass is 16.3. The molecule has 0 aliphatic carbocycles. The summed E-state index contributed by atoms with van der Waals surface area (Å²) in [5.74, 6) is 0.499. The van der Waals surface area contributed by atoms with Crippen LogP contribution >= 0.6 is 0 Å². The topological polar surface area (TPSA) is 61.4 Å². The number of hydrogen-bond donors (Lipinski definition) is 3. The Bertz CT molecular complexity index is 215. The van der Waals surface area contributed by atoms with Crippen LogP contribution in [0.15, 0.2) is 0 Å². The summed E-state index contributed by atoms with van der Waals surface area (Å²) < 4.78 is 0. The summed E-state index contributed by atoms with van der Waals surface area (Å²) in [4.78, 5) is 11.6. The Morgan fingerprint density at radius 2 is 2.35 bits per heavy atom. The maximum atomic E-state index is 11.6. The van der Waals surface area contributed by atoms with Gasteiger partial charge in [-0.15, -0.1) is 0 Å². The number of carbonyl (C=O) groups excluding carboxylic acids is 1. The third kappa shape index (κ3) is 6.64. The quantitative estimate of drug-likeness (QED) is 0.625. The maximum Gasteiger partial charge on any atom is 0.220 e. The van der Waals surface area contributed by atoms with Crippen LogP contribution < -0.4 is 10.6 Å². The average Bonchev–Trinajstić information content (AvgIpc) is 2.35. The minimum absolute atomic E-state index is 0.141. The lowest BCUT2D eigenvalue weighted by atomic mass is 10.0. The second kappa shape index (κ2) is 8.48. The zero-order valence-corrected chi connectivity index (χ0v) is 10.9. The van der Waals surface area contributed by atoms with Gasteiger partial charge in [0.15, 0.2) is 0 Å². The molecule has 4 nitrogen and oxygen atoms in total. The largest absolute Gasteiger partial charge is 0.396 e. The van der Waals surface area contributed by atoms with Crippen molar-refractivity contribution < 1.29 is 9.90 Å². The van der Waals surface area contributed by atoms with Crippen LogP contribution in [0.2, 0.25) is 0 Å². The number of piperidine rings is 1. The van der Waals surface area contributed by atoms with Crippen LogP contribution in [0.1, 0.15) is 45.4 Å². The standard InChI is InChI=1S/C13H26N2O2/c1-11(7-9-16)10-15-13(17)6-5-12-4-2-3-8-14-12/h11-12,14,16H,2-10H2,1H3,(H,15,17). The Morgan fingerprint density at radius 3 is 3.00 bits per heavy atom. The molecule has 0 aromatic carbocycles. The fourth-order valence-electron chi connectivity index (χ4n) is 2.17. The highest BCUT2D eigenvalue weighted by Crippen LogP contribution is 2.11. The van der Waals surface area contributed by atoms with Gasteiger partial charge in [-0.3, -0.25) is 4.79 Å². The second-order valence-corrected chi connectivity index (χ2v) is 5.11. The van der Waals surface area contributed by atoms with Crippen molar-refractivity contribution in [1.29, 1.82) is 0 Å². The van der Waals surface area contributed by atoms with Gasteiger partial charge in [-0.2, -0.15) is 0 Å². The van der Waals surface area contributed by atoms with E-state index < -0.39 is 0 Å². The SMILES string of the molecule is CC(CCO)CNC(=O)CCC1CCCCN1. The Labute approximate surface area is 104 Å². The van der Waals surface area contributed by atoms with Crippen molar-refractivity contribution in [2.45, 2.75) is 51.5 Å². The Balaban J connectivity index is 2.04. The number of nitrogens with one attached hydrogen (secondary N) is 2. The monoisotopic (exact) mass is 242 g/mol. The molecule has 1 rings (SSSR count). The van der Waals surface area contributed by atoms with E-state index in [-0.39, 0.29) is 12.5 Å². The number of aliphatic hydroxyl groups excluding tert-OH is 1. The molecule has 17 heavy (non-hydrogen) atoms. The lowest BCUT2D eigenvalue weighted by Crippen LogP contribution is -2.36. The third-order valence-corrected chi connectivity index (χ3v) is 3.40. The van der Waals surface area contributed by atoms with Crippen molar-refractivity contribution >= 4 is 5.91 Å². The van der Waals surface area contributed by atoms with Crippen molar-refractivity contribution in [2.24, 2.45) is 5.92 Å². The average molecular weight is 242 g/mol. The number of aliphatic hydroxyl groups is 1. The molecule has 4 heteroatoms. The number of carbonyl (C=O) groups is 1. The third-order valence-electron chi connectivity index (χ3n) is 3.40. The lowest BCUT2D eigenvalue weighted by Gasteiger charge is -2.23. The fourth-order valence-corrected chi connectivity index (χ4v) is 2.17. The van der Waals surface area contributed by atoms with Crippen LogP contribution in [0.3, 0.4) is 0 Å². The van der Waals surface area contributed by atoms with E-state index in [0.717, 1.165) is 19.4 Å². The molecular formula is C13H26N2O2. The van der Waals surface area contributed by atoms with E-state index in [4.69, 9.17) is 5.11 Å². The van der Waals surface area contributed by atoms with E-state index in [2.05, 4.69) is 10.6 Å². The van der Waals surface area contributed by atoms with Gasteiger partial charge in [-0.25, -0.2) is 0 Å². The lowest BCUT2D eigenvalue weighted by molar-refractivity contribution is -0.121. The van der Waals surface area contributed by atoms with Crippen LogP contribution in [-0.4, -0.2) is 36.8 Å². The molecule has 1 aliphatic heterocycles. The van der Waals surface area contributed by atoms with Gasteiger partial charge in [0, 0.05) is 25.6 Å². The van der Waals surface area contributed by atoms with Gasteiger partial charge in [0.2, 0.25) is 5.91 Å². The molecule has 1 amide bonds. The first-order valence-corrected chi connectivity index (χ1v) is 6.83. The Kier molecular flexibility index (Phi) is 7.21. The van der Waals surface area contributed by atoms with E-state index in [1.54, 1.807) is 0 Å². The Hall–Kier alpha value is -0.610. The van der Waals surface area contributed by atoms with Crippen LogP contribution in [0.5, 0.6) is 0 Å². The summed E-state index contributed by atoms with van der Waals surface area (Å²) in [6, 6.07) is 0.532. The van der Waals surface area contributed by atoms with Crippen LogP contribution in [0, 0.1) is 5.92 Å². The first-order chi connectivity index (χ1) is 8.22. The van der Waals surface area contributed by atoms with E-state index >= 15 is 0 Å². The van der Waals surface area contributed by atoms with Crippen LogP contribution in [0.4, 0.5) is 0 Å². The summed E-state index contributed by atoms with van der Waals surface area (Å²) in [7, 11) is 0. The molecule has 1 saturated heterocycles. The van der Waals surface area contributed by atoms with E-state index in [9.17, 15) is 4.79 Å². The summed E-state index contributed by atoms with van der Waals surface area (Å²) >= 11 is 0. The predicted octanol–water partition coefficient (Wildman–Crippen LogP) is 1.04. The maximum absolute atomic E-state index is 11.6. The molecule has 3 N–H and O–H groups in total. The van der Waals surface area contributed by atoms with Crippen molar-refractivity contribution in [2.75, 3.05) is 19.7 Å². The van der Waals surface area contributed by atoms with Crippen molar-refractivity contribution in [3.8, 4) is 0 Å². The predicted molar refractivity (Wildman–Crippen MR) is 68.8 cm³/mol. The minimum Gasteiger partial charge on any atom is -0.396 e. The highest BCUT2D eigenvalue weighted by Gasteiger charge is 2.14. The van der Waals surface area contributed by atoms with Gasteiger partial charge >= 0.3 is 0 Å². The van der Waals surface area contributed by atoms with Gasteiger partial charge in [0.25, 0.3) is 0 Å². The smallest absolute Gasteiger partial charge is 0.220 e. The molecule has 1 heterocycles. The van der Waals surface area contributed by atoms with Crippen LogP contribution in [-0.2, 0) is 4.79 Å². The summed E-state index contributed by atoms with van der Waals surface area (Å²) in [6.45, 7) is 4.01. The molecule has 0 spiro atoms. The second-order valence-electron chi connectivity index (χ2n) is 5.11. The molecule has 0 bridgehead atoms. The molecule has 1 fully saturated rings. The van der Waals surface area contributed by atoms with Gasteiger partial charge in [-0.1, -0.05) is 13.3 Å². The zero-order valence-electron chi connectivity index (χ0n) is 10.9. The van der Waals surface area contributed by atoms with E-state index in [1.807, 2.05) is 6.92 Å². The molecule has 0 aromatic heterocycles. The first kappa shape index (κ1) is 14.5. The number of hydrogen-bond acceptors (Lipinski definition) is 3. The zero-order chi connectivity index (χ0) is 12.5. The van der Waals surface area contributed by atoms with Crippen LogP contribution in [0.25, 0.3) is 0 Å². The van der Waals surface area contributed by atoms with Gasteiger partial charge in [0.05, 0.1) is 0 Å². The molecule has 100 valence electrons. The van der Waals surface area contributed by atoms with Crippen molar-refractivity contribution in [3.63, 3.8) is 0 Å². The molecule has 0 aromatic rings. The molecule has 0 saturated carbocycles. The fraction of sp³-hybridized carbons (Fsp3) is 0.923. The minimum atomic E-state index is 0.141. The Morgan fingerprint density at radius 1 is 1.53 bits per heavy atom. The summed E-state index contributed by atoms with van der Waals surface area (Å²) in [6.07, 6.45) is 6.07. The number of amides is 1. The summed E-state index contributed by atoms with van der Waals surface area (Å²) in [5.41, 5.74) is 0. The van der Waals surface area contributed by atoms with E-state index in [0.29, 0.717) is 24.9 Å².